The fraction of sp³-hybridized carbons (Fsp3) is 0.333. The molecule has 8 heteroatoms. The van der Waals surface area contributed by atoms with Crippen molar-refractivity contribution < 1.29 is 28.3 Å². The maximum Gasteiger partial charge on any atom is 0.331 e. The second kappa shape index (κ2) is 9.97. The fourth-order valence-electron chi connectivity index (χ4n) is 2.03. The van der Waals surface area contributed by atoms with Gasteiger partial charge in [0.25, 0.3) is 5.91 Å². The van der Waals surface area contributed by atoms with Gasteiger partial charge in [0.1, 0.15) is 5.52 Å². The maximum atomic E-state index is 11.6. The lowest BCUT2D eigenvalue weighted by atomic mass is 10.3. The molecule has 0 atom stereocenters. The molecule has 1 amide bonds. The molecule has 26 heavy (non-hydrogen) atoms. The summed E-state index contributed by atoms with van der Waals surface area (Å²) >= 11 is 0. The molecule has 0 radical (unpaired) electrons. The summed E-state index contributed by atoms with van der Waals surface area (Å²) in [5.74, 6) is -1.17. The SMILES string of the molecule is CCOC(=O)CCCNC(=O)COC(=O)/C=C/c1nc2ccccc2o1. The third-order valence-electron chi connectivity index (χ3n) is 3.20. The standard InChI is InChI=1S/C18H20N2O6/c1-2-24-17(22)8-5-11-19-15(21)12-25-18(23)10-9-16-20-13-6-3-4-7-14(13)26-16/h3-4,6-7,9-10H,2,5,8,11-12H2,1H3,(H,19,21)/b10-9+. The molecule has 0 aliphatic heterocycles. The topological polar surface area (TPSA) is 108 Å². The van der Waals surface area contributed by atoms with Crippen LogP contribution in [0.4, 0.5) is 0 Å². The van der Waals surface area contributed by atoms with Crippen LogP contribution < -0.4 is 5.32 Å². The van der Waals surface area contributed by atoms with E-state index in [1.165, 1.54) is 6.08 Å². The molecule has 2 aromatic rings. The number of oxazole rings is 1. The number of aromatic nitrogens is 1. The fourth-order valence-corrected chi connectivity index (χ4v) is 2.03. The zero-order chi connectivity index (χ0) is 18.8. The molecule has 0 aliphatic rings. The summed E-state index contributed by atoms with van der Waals surface area (Å²) in [4.78, 5) is 38.5. The summed E-state index contributed by atoms with van der Waals surface area (Å²) in [5.41, 5.74) is 1.30. The van der Waals surface area contributed by atoms with Crippen LogP contribution in [0.3, 0.4) is 0 Å². The van der Waals surface area contributed by atoms with Crippen molar-refractivity contribution in [3.63, 3.8) is 0 Å². The number of fused-ring (bicyclic) bond motifs is 1. The number of hydrogen-bond acceptors (Lipinski definition) is 7. The number of benzene rings is 1. The first kappa shape index (κ1) is 19.2. The van der Waals surface area contributed by atoms with Crippen molar-refractivity contribution in [2.45, 2.75) is 19.8 Å². The molecule has 0 aliphatic carbocycles. The zero-order valence-electron chi connectivity index (χ0n) is 14.4. The number of rotatable bonds is 9. The van der Waals surface area contributed by atoms with Crippen molar-refractivity contribution in [1.29, 1.82) is 0 Å². The zero-order valence-corrected chi connectivity index (χ0v) is 14.4. The highest BCUT2D eigenvalue weighted by Gasteiger charge is 2.07. The molecule has 8 nitrogen and oxygen atoms in total. The normalized spacial score (nSPS) is 10.8. The van der Waals surface area contributed by atoms with Crippen molar-refractivity contribution in [3.05, 3.63) is 36.2 Å². The van der Waals surface area contributed by atoms with Gasteiger partial charge in [-0.2, -0.15) is 0 Å². The lowest BCUT2D eigenvalue weighted by Crippen LogP contribution is -2.29. The average Bonchev–Trinajstić information content (AvgIpc) is 3.05. The minimum Gasteiger partial charge on any atom is -0.466 e. The highest BCUT2D eigenvalue weighted by molar-refractivity contribution is 5.89. The molecule has 1 aromatic heterocycles. The van der Waals surface area contributed by atoms with Crippen LogP contribution in [0.5, 0.6) is 0 Å². The molecule has 0 unspecified atom stereocenters. The quantitative estimate of drug-likeness (QED) is 0.413. The highest BCUT2D eigenvalue weighted by Crippen LogP contribution is 2.15. The molecular formula is C18H20N2O6. The van der Waals surface area contributed by atoms with Crippen LogP contribution in [0.15, 0.2) is 34.8 Å². The van der Waals surface area contributed by atoms with Gasteiger partial charge in [0.05, 0.1) is 6.61 Å². The molecule has 0 bridgehead atoms. The molecule has 0 saturated carbocycles. The predicted octanol–water partition coefficient (Wildman–Crippen LogP) is 1.84. The van der Waals surface area contributed by atoms with Crippen molar-refractivity contribution >= 4 is 35.0 Å². The molecule has 1 heterocycles. The molecule has 0 saturated heterocycles. The molecule has 2 rings (SSSR count). The van der Waals surface area contributed by atoms with E-state index in [1.54, 1.807) is 19.1 Å². The van der Waals surface area contributed by atoms with Crippen LogP contribution in [0, 0.1) is 0 Å². The van der Waals surface area contributed by atoms with Gasteiger partial charge >= 0.3 is 11.9 Å². The van der Waals surface area contributed by atoms with Gasteiger partial charge in [0.2, 0.25) is 5.89 Å². The number of hydrogen-bond donors (Lipinski definition) is 1. The Morgan fingerprint density at radius 3 is 2.81 bits per heavy atom. The summed E-state index contributed by atoms with van der Waals surface area (Å²) in [5, 5.41) is 2.55. The number of ether oxygens (including phenoxy) is 2. The van der Waals surface area contributed by atoms with Gasteiger partial charge in [-0.25, -0.2) is 9.78 Å². The first-order valence-electron chi connectivity index (χ1n) is 8.21. The Labute approximate surface area is 150 Å². The van der Waals surface area contributed by atoms with E-state index in [0.29, 0.717) is 30.7 Å². The first-order valence-corrected chi connectivity index (χ1v) is 8.21. The van der Waals surface area contributed by atoms with E-state index in [1.807, 2.05) is 12.1 Å². The van der Waals surface area contributed by atoms with E-state index in [0.717, 1.165) is 6.08 Å². The van der Waals surface area contributed by atoms with Crippen molar-refractivity contribution in [2.24, 2.45) is 0 Å². The lowest BCUT2D eigenvalue weighted by Gasteiger charge is -2.05. The second-order valence-electron chi connectivity index (χ2n) is 5.22. The second-order valence-corrected chi connectivity index (χ2v) is 5.22. The van der Waals surface area contributed by atoms with Crippen LogP contribution in [0.1, 0.15) is 25.7 Å². The van der Waals surface area contributed by atoms with Gasteiger partial charge in [-0.05, 0) is 25.5 Å². The van der Waals surface area contributed by atoms with Gasteiger partial charge in [-0.1, -0.05) is 12.1 Å². The van der Waals surface area contributed by atoms with Gasteiger partial charge in [0, 0.05) is 25.1 Å². The number of para-hydroxylation sites is 2. The third kappa shape index (κ3) is 6.39. The van der Waals surface area contributed by atoms with E-state index < -0.39 is 18.5 Å². The van der Waals surface area contributed by atoms with E-state index in [9.17, 15) is 14.4 Å². The number of carbonyl (C=O) groups is 3. The van der Waals surface area contributed by atoms with E-state index in [4.69, 9.17) is 13.9 Å². The molecule has 0 fully saturated rings. The predicted molar refractivity (Wildman–Crippen MR) is 92.9 cm³/mol. The summed E-state index contributed by atoms with van der Waals surface area (Å²) in [7, 11) is 0. The van der Waals surface area contributed by atoms with Gasteiger partial charge < -0.3 is 19.2 Å². The smallest absolute Gasteiger partial charge is 0.331 e. The monoisotopic (exact) mass is 360 g/mol. The molecular weight excluding hydrogens is 340 g/mol. The molecule has 138 valence electrons. The van der Waals surface area contributed by atoms with Gasteiger partial charge in [-0.3, -0.25) is 9.59 Å². The van der Waals surface area contributed by atoms with Crippen molar-refractivity contribution in [2.75, 3.05) is 19.8 Å². The van der Waals surface area contributed by atoms with Crippen molar-refractivity contribution in [1.82, 2.24) is 10.3 Å². The van der Waals surface area contributed by atoms with E-state index >= 15 is 0 Å². The summed E-state index contributed by atoms with van der Waals surface area (Å²) in [6, 6.07) is 7.21. The molecule has 0 spiro atoms. The summed E-state index contributed by atoms with van der Waals surface area (Å²) < 4.78 is 15.0. The summed E-state index contributed by atoms with van der Waals surface area (Å²) in [6.45, 7) is 1.95. The first-order chi connectivity index (χ1) is 12.6. The lowest BCUT2D eigenvalue weighted by molar-refractivity contribution is -0.143. The number of carbonyl (C=O) groups excluding carboxylic acids is 3. The Morgan fingerprint density at radius 1 is 1.23 bits per heavy atom. The maximum absolute atomic E-state index is 11.6. The van der Waals surface area contributed by atoms with Gasteiger partial charge in [-0.15, -0.1) is 0 Å². The number of amides is 1. The Morgan fingerprint density at radius 2 is 2.04 bits per heavy atom. The largest absolute Gasteiger partial charge is 0.466 e. The Bertz CT molecular complexity index is 763. The third-order valence-corrected chi connectivity index (χ3v) is 3.20. The number of nitrogens with zero attached hydrogens (tertiary/aromatic N) is 1. The summed E-state index contributed by atoms with van der Waals surface area (Å²) in [6.07, 6.45) is 3.19. The minimum absolute atomic E-state index is 0.223. The van der Waals surface area contributed by atoms with E-state index in [2.05, 4.69) is 10.3 Å². The van der Waals surface area contributed by atoms with Crippen LogP contribution in [-0.2, 0) is 23.9 Å². The Hall–Kier alpha value is -3.16. The average molecular weight is 360 g/mol. The highest BCUT2D eigenvalue weighted by atomic mass is 16.5. The molecule has 1 N–H and O–H groups in total. The van der Waals surface area contributed by atoms with Crippen molar-refractivity contribution in [3.8, 4) is 0 Å². The Balaban J connectivity index is 1.66. The van der Waals surface area contributed by atoms with Gasteiger partial charge in [0.15, 0.2) is 12.2 Å². The number of esters is 2. The van der Waals surface area contributed by atoms with E-state index in [-0.39, 0.29) is 18.3 Å². The molecule has 1 aromatic carbocycles. The van der Waals surface area contributed by atoms with Crippen LogP contribution in [-0.4, -0.2) is 42.6 Å². The van der Waals surface area contributed by atoms with Crippen LogP contribution in [0.2, 0.25) is 0 Å². The Kier molecular flexibility index (Phi) is 7.35. The van der Waals surface area contributed by atoms with Crippen LogP contribution >= 0.6 is 0 Å². The number of nitrogens with one attached hydrogen (secondary N) is 1. The van der Waals surface area contributed by atoms with Crippen LogP contribution in [0.25, 0.3) is 17.2 Å². The minimum atomic E-state index is -0.686.